The van der Waals surface area contributed by atoms with Crippen LogP contribution in [0.2, 0.25) is 0 Å². The summed E-state index contributed by atoms with van der Waals surface area (Å²) in [7, 11) is 1.77. The summed E-state index contributed by atoms with van der Waals surface area (Å²) in [5, 5.41) is 4.75. The summed E-state index contributed by atoms with van der Waals surface area (Å²) < 4.78 is 5.34. The SMILES string of the molecule is CCNC(CCC(C)OC)c1ccc2cccnc2c1. The average molecular weight is 272 g/mol. The number of methoxy groups -OCH3 is 1. The van der Waals surface area contributed by atoms with Crippen LogP contribution < -0.4 is 5.32 Å². The number of nitrogens with one attached hydrogen (secondary N) is 1. The molecule has 0 saturated heterocycles. The molecule has 1 aromatic heterocycles. The largest absolute Gasteiger partial charge is 0.382 e. The van der Waals surface area contributed by atoms with E-state index in [1.54, 1.807) is 7.11 Å². The van der Waals surface area contributed by atoms with Gasteiger partial charge in [0.25, 0.3) is 0 Å². The van der Waals surface area contributed by atoms with Crippen LogP contribution in [-0.2, 0) is 4.74 Å². The quantitative estimate of drug-likeness (QED) is 0.834. The fraction of sp³-hybridized carbons (Fsp3) is 0.471. The fourth-order valence-electron chi connectivity index (χ4n) is 2.45. The normalized spacial score (nSPS) is 14.3. The molecule has 1 aromatic carbocycles. The van der Waals surface area contributed by atoms with E-state index in [2.05, 4.69) is 48.4 Å². The molecule has 1 heterocycles. The third-order valence-corrected chi connectivity index (χ3v) is 3.75. The first kappa shape index (κ1) is 14.9. The minimum Gasteiger partial charge on any atom is -0.382 e. The number of ether oxygens (including phenoxy) is 1. The molecule has 1 N–H and O–H groups in total. The summed E-state index contributed by atoms with van der Waals surface area (Å²) >= 11 is 0. The second kappa shape index (κ2) is 7.36. The second-order valence-corrected chi connectivity index (χ2v) is 5.19. The van der Waals surface area contributed by atoms with Crippen LogP contribution in [0.25, 0.3) is 10.9 Å². The van der Waals surface area contributed by atoms with E-state index in [9.17, 15) is 0 Å². The van der Waals surface area contributed by atoms with E-state index in [0.29, 0.717) is 12.1 Å². The van der Waals surface area contributed by atoms with Crippen molar-refractivity contribution < 1.29 is 4.74 Å². The van der Waals surface area contributed by atoms with Gasteiger partial charge in [-0.1, -0.05) is 25.1 Å². The first-order chi connectivity index (χ1) is 9.74. The molecular weight excluding hydrogens is 248 g/mol. The minimum absolute atomic E-state index is 0.301. The van der Waals surface area contributed by atoms with Crippen LogP contribution in [0, 0.1) is 0 Å². The van der Waals surface area contributed by atoms with E-state index in [4.69, 9.17) is 4.74 Å². The highest BCUT2D eigenvalue weighted by molar-refractivity contribution is 5.78. The molecule has 0 bridgehead atoms. The predicted molar refractivity (Wildman–Crippen MR) is 83.9 cm³/mol. The fourth-order valence-corrected chi connectivity index (χ4v) is 2.45. The van der Waals surface area contributed by atoms with Crippen molar-refractivity contribution in [1.82, 2.24) is 10.3 Å². The van der Waals surface area contributed by atoms with Crippen LogP contribution in [0.5, 0.6) is 0 Å². The van der Waals surface area contributed by atoms with E-state index in [1.165, 1.54) is 10.9 Å². The minimum atomic E-state index is 0.301. The maximum Gasteiger partial charge on any atom is 0.0705 e. The zero-order valence-corrected chi connectivity index (χ0v) is 12.6. The van der Waals surface area contributed by atoms with Crippen LogP contribution in [0.15, 0.2) is 36.5 Å². The van der Waals surface area contributed by atoms with Gasteiger partial charge in [-0.15, -0.1) is 0 Å². The molecule has 108 valence electrons. The molecule has 0 radical (unpaired) electrons. The molecule has 0 amide bonds. The second-order valence-electron chi connectivity index (χ2n) is 5.19. The van der Waals surface area contributed by atoms with Crippen molar-refractivity contribution in [3.05, 3.63) is 42.1 Å². The van der Waals surface area contributed by atoms with E-state index in [-0.39, 0.29) is 0 Å². The van der Waals surface area contributed by atoms with Crippen LogP contribution in [0.1, 0.15) is 38.3 Å². The summed E-state index contributed by atoms with van der Waals surface area (Å²) in [5.41, 5.74) is 2.37. The van der Waals surface area contributed by atoms with Crippen LogP contribution in [-0.4, -0.2) is 24.7 Å². The highest BCUT2D eigenvalue weighted by Crippen LogP contribution is 2.23. The Balaban J connectivity index is 2.17. The van der Waals surface area contributed by atoms with Gasteiger partial charge in [0.15, 0.2) is 0 Å². The first-order valence-corrected chi connectivity index (χ1v) is 7.35. The van der Waals surface area contributed by atoms with Crippen LogP contribution in [0.4, 0.5) is 0 Å². The van der Waals surface area contributed by atoms with Gasteiger partial charge in [0.1, 0.15) is 0 Å². The third-order valence-electron chi connectivity index (χ3n) is 3.75. The monoisotopic (exact) mass is 272 g/mol. The topological polar surface area (TPSA) is 34.1 Å². The van der Waals surface area contributed by atoms with E-state index < -0.39 is 0 Å². The molecule has 0 aliphatic carbocycles. The number of hydrogen-bond acceptors (Lipinski definition) is 3. The maximum absolute atomic E-state index is 5.34. The Hall–Kier alpha value is -1.45. The summed E-state index contributed by atoms with van der Waals surface area (Å²) in [6.45, 7) is 5.23. The number of fused-ring (bicyclic) bond motifs is 1. The molecule has 0 fully saturated rings. The van der Waals surface area contributed by atoms with Gasteiger partial charge in [-0.2, -0.15) is 0 Å². The predicted octanol–water partition coefficient (Wildman–Crippen LogP) is 3.70. The third kappa shape index (κ3) is 3.78. The Bertz CT molecular complexity index is 541. The zero-order chi connectivity index (χ0) is 14.4. The molecule has 0 spiro atoms. The van der Waals surface area contributed by atoms with Gasteiger partial charge < -0.3 is 10.1 Å². The molecule has 2 unspecified atom stereocenters. The molecular formula is C17H24N2O. The molecule has 0 aliphatic heterocycles. The van der Waals surface area contributed by atoms with Crippen molar-refractivity contribution >= 4 is 10.9 Å². The van der Waals surface area contributed by atoms with Crippen LogP contribution in [0.3, 0.4) is 0 Å². The molecule has 0 aliphatic rings. The highest BCUT2D eigenvalue weighted by Gasteiger charge is 2.12. The standard InChI is InChI=1S/C17H24N2O/c1-4-18-16(10-7-13(2)20-3)15-9-8-14-6-5-11-19-17(14)12-15/h5-6,8-9,11-13,16,18H,4,7,10H2,1-3H3. The van der Waals surface area contributed by atoms with Gasteiger partial charge in [-0.25, -0.2) is 0 Å². The summed E-state index contributed by atoms with van der Waals surface area (Å²) in [4.78, 5) is 4.44. The van der Waals surface area contributed by atoms with E-state index >= 15 is 0 Å². The van der Waals surface area contributed by atoms with Crippen molar-refractivity contribution in [2.24, 2.45) is 0 Å². The molecule has 2 aromatic rings. The van der Waals surface area contributed by atoms with Gasteiger partial charge in [0, 0.05) is 24.7 Å². The van der Waals surface area contributed by atoms with Crippen molar-refractivity contribution in [3.8, 4) is 0 Å². The Morgan fingerprint density at radius 3 is 2.85 bits per heavy atom. The molecule has 3 heteroatoms. The lowest BCUT2D eigenvalue weighted by Crippen LogP contribution is -2.22. The molecule has 0 saturated carbocycles. The zero-order valence-electron chi connectivity index (χ0n) is 12.6. The Morgan fingerprint density at radius 1 is 1.25 bits per heavy atom. The number of pyridine rings is 1. The summed E-state index contributed by atoms with van der Waals surface area (Å²) in [5.74, 6) is 0. The van der Waals surface area contributed by atoms with E-state index in [1.807, 2.05) is 12.3 Å². The highest BCUT2D eigenvalue weighted by atomic mass is 16.5. The van der Waals surface area contributed by atoms with Gasteiger partial charge >= 0.3 is 0 Å². The van der Waals surface area contributed by atoms with Crippen molar-refractivity contribution in [3.63, 3.8) is 0 Å². The van der Waals surface area contributed by atoms with Crippen LogP contribution >= 0.6 is 0 Å². The van der Waals surface area contributed by atoms with Gasteiger partial charge in [0.05, 0.1) is 11.6 Å². The number of aromatic nitrogens is 1. The smallest absolute Gasteiger partial charge is 0.0705 e. The number of hydrogen-bond donors (Lipinski definition) is 1. The molecule has 20 heavy (non-hydrogen) atoms. The van der Waals surface area contributed by atoms with Gasteiger partial charge in [0.2, 0.25) is 0 Å². The first-order valence-electron chi connectivity index (χ1n) is 7.35. The Labute approximate surface area is 121 Å². The number of rotatable bonds is 7. The number of benzene rings is 1. The van der Waals surface area contributed by atoms with Gasteiger partial charge in [-0.05, 0) is 44.0 Å². The van der Waals surface area contributed by atoms with Gasteiger partial charge in [-0.3, -0.25) is 4.98 Å². The lowest BCUT2D eigenvalue weighted by molar-refractivity contribution is 0.106. The Morgan fingerprint density at radius 2 is 2.10 bits per heavy atom. The molecule has 3 nitrogen and oxygen atoms in total. The average Bonchev–Trinajstić information content (AvgIpc) is 2.50. The summed E-state index contributed by atoms with van der Waals surface area (Å²) in [6.07, 6.45) is 4.27. The lowest BCUT2D eigenvalue weighted by Gasteiger charge is -2.20. The van der Waals surface area contributed by atoms with Crippen molar-refractivity contribution in [1.29, 1.82) is 0 Å². The lowest BCUT2D eigenvalue weighted by atomic mass is 9.99. The maximum atomic E-state index is 5.34. The van der Waals surface area contributed by atoms with Crippen molar-refractivity contribution in [2.45, 2.75) is 38.8 Å². The number of nitrogens with zero attached hydrogens (tertiary/aromatic N) is 1. The van der Waals surface area contributed by atoms with Crippen molar-refractivity contribution in [2.75, 3.05) is 13.7 Å². The molecule has 2 atom stereocenters. The Kier molecular flexibility index (Phi) is 5.50. The molecule has 2 rings (SSSR count). The van der Waals surface area contributed by atoms with E-state index in [0.717, 1.165) is 24.9 Å². The summed E-state index contributed by atoms with van der Waals surface area (Å²) in [6, 6.07) is 11.0.